The second kappa shape index (κ2) is 9.59. The molecule has 0 atom stereocenters. The third kappa shape index (κ3) is 3.93. The van der Waals surface area contributed by atoms with Gasteiger partial charge in [-0.3, -0.25) is 4.98 Å². The van der Waals surface area contributed by atoms with E-state index in [9.17, 15) is 0 Å². The van der Waals surface area contributed by atoms with Crippen molar-refractivity contribution in [3.8, 4) is 33.5 Å². The zero-order valence-electron chi connectivity index (χ0n) is 23.2. The molecule has 0 saturated carbocycles. The van der Waals surface area contributed by atoms with Crippen LogP contribution >= 0.6 is 11.3 Å². The monoisotopic (exact) mass is 564 g/mol. The van der Waals surface area contributed by atoms with Crippen molar-refractivity contribution in [1.29, 1.82) is 0 Å². The molecule has 3 heteroatoms. The number of thiophene rings is 1. The van der Waals surface area contributed by atoms with E-state index in [0.717, 1.165) is 33.1 Å². The van der Waals surface area contributed by atoms with Crippen LogP contribution < -0.4 is 0 Å². The van der Waals surface area contributed by atoms with E-state index in [1.807, 2.05) is 17.5 Å². The van der Waals surface area contributed by atoms with Crippen molar-refractivity contribution < 1.29 is 0 Å². The normalized spacial score (nSPS) is 11.7. The molecule has 0 saturated heterocycles. The summed E-state index contributed by atoms with van der Waals surface area (Å²) >= 11 is 1.86. The second-order valence-corrected chi connectivity index (χ2v) is 12.1. The highest BCUT2D eigenvalue weighted by Gasteiger charge is 2.12. The van der Waals surface area contributed by atoms with Gasteiger partial charge in [-0.1, -0.05) is 115 Å². The molecule has 0 aliphatic rings. The molecule has 0 radical (unpaired) electrons. The minimum atomic E-state index is 0.879. The minimum Gasteiger partial charge on any atom is -0.252 e. The Morgan fingerprint density at radius 3 is 1.70 bits per heavy atom. The number of aromatic nitrogens is 2. The Bertz CT molecular complexity index is 2470. The molecule has 7 aromatic carbocycles. The van der Waals surface area contributed by atoms with Crippen LogP contribution in [0.3, 0.4) is 0 Å². The fraction of sp³-hybridized carbons (Fsp3) is 0. The van der Waals surface area contributed by atoms with Gasteiger partial charge in [0.1, 0.15) is 0 Å². The molecule has 43 heavy (non-hydrogen) atoms. The SMILES string of the molecule is c1cc(-c2ccc(-c3cnc4c5ccccc5c5ccccc5c4n3)cc2)cc(-c2ccc3sc4ccccc4c3c2)c1. The molecule has 200 valence electrons. The maximum atomic E-state index is 5.16. The molecule has 0 N–H and O–H groups in total. The van der Waals surface area contributed by atoms with Gasteiger partial charge in [-0.2, -0.15) is 0 Å². The van der Waals surface area contributed by atoms with Crippen LogP contribution in [-0.2, 0) is 0 Å². The molecule has 9 rings (SSSR count). The Hall–Kier alpha value is -5.38. The number of benzene rings is 7. The first-order valence-corrected chi connectivity index (χ1v) is 15.3. The van der Waals surface area contributed by atoms with Gasteiger partial charge in [0.05, 0.1) is 22.9 Å². The maximum Gasteiger partial charge on any atom is 0.0979 e. The largest absolute Gasteiger partial charge is 0.252 e. The van der Waals surface area contributed by atoms with Gasteiger partial charge < -0.3 is 0 Å². The lowest BCUT2D eigenvalue weighted by Crippen LogP contribution is -1.92. The van der Waals surface area contributed by atoms with Crippen molar-refractivity contribution in [1.82, 2.24) is 9.97 Å². The summed E-state index contributed by atoms with van der Waals surface area (Å²) in [6.45, 7) is 0. The van der Waals surface area contributed by atoms with Gasteiger partial charge in [-0.05, 0) is 57.3 Å². The van der Waals surface area contributed by atoms with Crippen molar-refractivity contribution in [2.75, 3.05) is 0 Å². The second-order valence-electron chi connectivity index (χ2n) is 11.0. The first-order chi connectivity index (χ1) is 21.3. The first-order valence-electron chi connectivity index (χ1n) is 14.5. The van der Waals surface area contributed by atoms with Gasteiger partial charge in [-0.15, -0.1) is 11.3 Å². The predicted molar refractivity (Wildman–Crippen MR) is 184 cm³/mol. The van der Waals surface area contributed by atoms with Crippen LogP contribution in [0.2, 0.25) is 0 Å². The fourth-order valence-electron chi connectivity index (χ4n) is 6.38. The number of rotatable bonds is 3. The van der Waals surface area contributed by atoms with Crippen molar-refractivity contribution in [2.24, 2.45) is 0 Å². The van der Waals surface area contributed by atoms with E-state index < -0.39 is 0 Å². The molecule has 9 aromatic rings. The number of nitrogens with zero attached hydrogens (tertiary/aromatic N) is 2. The summed E-state index contributed by atoms with van der Waals surface area (Å²) in [6, 6.07) is 50.0. The van der Waals surface area contributed by atoms with E-state index in [1.165, 1.54) is 53.2 Å². The Balaban J connectivity index is 1.09. The molecule has 0 unspecified atom stereocenters. The van der Waals surface area contributed by atoms with E-state index in [2.05, 4.69) is 140 Å². The van der Waals surface area contributed by atoms with Gasteiger partial charge in [-0.25, -0.2) is 4.98 Å². The van der Waals surface area contributed by atoms with E-state index in [1.54, 1.807) is 0 Å². The summed E-state index contributed by atoms with van der Waals surface area (Å²) in [5, 5.41) is 7.34. The Labute approximate surface area is 252 Å². The van der Waals surface area contributed by atoms with Crippen LogP contribution in [0.4, 0.5) is 0 Å². The number of fused-ring (bicyclic) bond motifs is 9. The number of hydrogen-bond acceptors (Lipinski definition) is 3. The van der Waals surface area contributed by atoms with Crippen molar-refractivity contribution in [2.45, 2.75) is 0 Å². The molecule has 0 spiro atoms. The lowest BCUT2D eigenvalue weighted by atomic mass is 9.97. The molecule has 0 bridgehead atoms. The fourth-order valence-corrected chi connectivity index (χ4v) is 7.47. The summed E-state index contributed by atoms with van der Waals surface area (Å²) in [7, 11) is 0. The lowest BCUT2D eigenvalue weighted by Gasteiger charge is -2.11. The van der Waals surface area contributed by atoms with E-state index in [0.29, 0.717) is 0 Å². The van der Waals surface area contributed by atoms with Crippen LogP contribution in [0.15, 0.2) is 146 Å². The summed E-state index contributed by atoms with van der Waals surface area (Å²) < 4.78 is 2.66. The highest BCUT2D eigenvalue weighted by Crippen LogP contribution is 2.38. The third-order valence-corrected chi connectivity index (χ3v) is 9.67. The molecular weight excluding hydrogens is 541 g/mol. The average Bonchev–Trinajstić information content (AvgIpc) is 3.46. The summed E-state index contributed by atoms with van der Waals surface area (Å²) in [4.78, 5) is 10.1. The summed E-state index contributed by atoms with van der Waals surface area (Å²) in [6.07, 6.45) is 1.91. The highest BCUT2D eigenvalue weighted by atomic mass is 32.1. The molecular formula is C40H24N2S. The van der Waals surface area contributed by atoms with Gasteiger partial charge in [0.15, 0.2) is 0 Å². The van der Waals surface area contributed by atoms with Crippen LogP contribution in [0.25, 0.3) is 86.3 Å². The smallest absolute Gasteiger partial charge is 0.0979 e. The van der Waals surface area contributed by atoms with Crippen LogP contribution in [0, 0.1) is 0 Å². The summed E-state index contributed by atoms with van der Waals surface area (Å²) in [5.74, 6) is 0. The zero-order chi connectivity index (χ0) is 28.3. The van der Waals surface area contributed by atoms with Crippen molar-refractivity contribution in [3.05, 3.63) is 146 Å². The van der Waals surface area contributed by atoms with E-state index >= 15 is 0 Å². The van der Waals surface area contributed by atoms with Gasteiger partial charge in [0.2, 0.25) is 0 Å². The van der Waals surface area contributed by atoms with Crippen LogP contribution in [-0.4, -0.2) is 9.97 Å². The molecule has 2 heterocycles. The maximum absolute atomic E-state index is 5.16. The topological polar surface area (TPSA) is 25.8 Å². The van der Waals surface area contributed by atoms with Crippen molar-refractivity contribution >= 4 is 64.1 Å². The third-order valence-electron chi connectivity index (χ3n) is 8.51. The van der Waals surface area contributed by atoms with E-state index in [4.69, 9.17) is 9.97 Å². The van der Waals surface area contributed by atoms with Crippen molar-refractivity contribution in [3.63, 3.8) is 0 Å². The molecule has 0 fully saturated rings. The quantitative estimate of drug-likeness (QED) is 0.199. The Kier molecular flexibility index (Phi) is 5.40. The molecule has 0 aliphatic carbocycles. The minimum absolute atomic E-state index is 0.879. The molecule has 2 aromatic heterocycles. The average molecular weight is 565 g/mol. The Morgan fingerprint density at radius 2 is 0.930 bits per heavy atom. The van der Waals surface area contributed by atoms with Gasteiger partial charge >= 0.3 is 0 Å². The Morgan fingerprint density at radius 1 is 0.372 bits per heavy atom. The van der Waals surface area contributed by atoms with Gasteiger partial charge in [0.25, 0.3) is 0 Å². The zero-order valence-corrected chi connectivity index (χ0v) is 24.0. The van der Waals surface area contributed by atoms with Crippen LogP contribution in [0.1, 0.15) is 0 Å². The first kappa shape index (κ1) is 24.2. The number of hydrogen-bond donors (Lipinski definition) is 0. The highest BCUT2D eigenvalue weighted by molar-refractivity contribution is 7.25. The van der Waals surface area contributed by atoms with Crippen LogP contribution in [0.5, 0.6) is 0 Å². The van der Waals surface area contributed by atoms with Gasteiger partial charge in [0, 0.05) is 36.5 Å². The standard InChI is InChI=1S/C40H24N2S/c1-3-13-33-30(10-1)31-11-2-4-14-34(31)40-39(33)41-24-36(42-40)26-18-16-25(17-19-26)27-8-7-9-28(22-27)29-20-21-38-35(23-29)32-12-5-6-15-37(32)43-38/h1-24H. The molecule has 0 amide bonds. The summed E-state index contributed by atoms with van der Waals surface area (Å²) in [5.41, 5.74) is 8.66. The molecule has 0 aliphatic heterocycles. The predicted octanol–water partition coefficient (Wildman–Crippen LogP) is 11.3. The van der Waals surface area contributed by atoms with E-state index in [-0.39, 0.29) is 0 Å². The lowest BCUT2D eigenvalue weighted by molar-refractivity contribution is 1.31. The molecule has 2 nitrogen and oxygen atoms in total.